The van der Waals surface area contributed by atoms with Gasteiger partial charge in [0.15, 0.2) is 0 Å². The Morgan fingerprint density at radius 3 is 2.65 bits per heavy atom. The molecule has 0 unspecified atom stereocenters. The van der Waals surface area contributed by atoms with Gasteiger partial charge in [-0.2, -0.15) is 0 Å². The third-order valence-electron chi connectivity index (χ3n) is 2.84. The summed E-state index contributed by atoms with van der Waals surface area (Å²) in [6.45, 7) is 0.280. The summed E-state index contributed by atoms with van der Waals surface area (Å²) in [6, 6.07) is 6.91. The standard InChI is InChI=1S/C14H16N4O4S/c1-22-10-6-4-9(5-7-10)12-17-18-14(23-12)16-13(21)15-8-2-3-11(19)20/h4-7H,2-3,8H2,1H3,(H,19,20)(H2,15,16,18,21). The number of hydrogen-bond donors (Lipinski definition) is 3. The molecule has 1 aromatic heterocycles. The number of hydrogen-bond acceptors (Lipinski definition) is 6. The monoisotopic (exact) mass is 336 g/mol. The SMILES string of the molecule is COc1ccc(-c2nnc(NC(=O)NCCCC(=O)O)s2)cc1. The molecule has 1 aromatic carbocycles. The average molecular weight is 336 g/mol. The van der Waals surface area contributed by atoms with E-state index in [4.69, 9.17) is 9.84 Å². The number of carboxylic acids is 1. The van der Waals surface area contributed by atoms with Crippen molar-refractivity contribution in [1.29, 1.82) is 0 Å². The van der Waals surface area contributed by atoms with Crippen LogP contribution in [0.25, 0.3) is 10.6 Å². The quantitative estimate of drug-likeness (QED) is 0.668. The van der Waals surface area contributed by atoms with Crippen LogP contribution in [0.15, 0.2) is 24.3 Å². The van der Waals surface area contributed by atoms with Crippen molar-refractivity contribution >= 4 is 28.5 Å². The maximum Gasteiger partial charge on any atom is 0.321 e. The molecule has 2 amide bonds. The molecule has 0 saturated heterocycles. The van der Waals surface area contributed by atoms with E-state index in [2.05, 4.69) is 20.8 Å². The largest absolute Gasteiger partial charge is 0.497 e. The number of carbonyl (C=O) groups excluding carboxylic acids is 1. The summed E-state index contributed by atoms with van der Waals surface area (Å²) in [7, 11) is 1.59. The molecule has 8 nitrogen and oxygen atoms in total. The first-order chi connectivity index (χ1) is 11.1. The third-order valence-corrected chi connectivity index (χ3v) is 3.72. The number of methoxy groups -OCH3 is 1. The lowest BCUT2D eigenvalue weighted by Gasteiger charge is -2.03. The molecule has 0 spiro atoms. The average Bonchev–Trinajstić information content (AvgIpc) is 3.00. The van der Waals surface area contributed by atoms with Crippen molar-refractivity contribution in [2.75, 3.05) is 19.0 Å². The minimum absolute atomic E-state index is 0.0146. The minimum atomic E-state index is -0.888. The first-order valence-corrected chi connectivity index (χ1v) is 7.64. The van der Waals surface area contributed by atoms with E-state index in [1.165, 1.54) is 11.3 Å². The lowest BCUT2D eigenvalue weighted by Crippen LogP contribution is -2.29. The highest BCUT2D eigenvalue weighted by Crippen LogP contribution is 2.27. The van der Waals surface area contributed by atoms with Gasteiger partial charge in [0.05, 0.1) is 7.11 Å². The molecular weight excluding hydrogens is 320 g/mol. The Labute approximate surface area is 136 Å². The fourth-order valence-electron chi connectivity index (χ4n) is 1.71. The fraction of sp³-hybridized carbons (Fsp3) is 0.286. The molecule has 122 valence electrons. The molecule has 0 aliphatic rings. The van der Waals surface area contributed by atoms with Gasteiger partial charge in [0.1, 0.15) is 10.8 Å². The highest BCUT2D eigenvalue weighted by molar-refractivity contribution is 7.18. The van der Waals surface area contributed by atoms with Crippen LogP contribution in [0.1, 0.15) is 12.8 Å². The van der Waals surface area contributed by atoms with Gasteiger partial charge in [-0.15, -0.1) is 10.2 Å². The molecule has 0 saturated carbocycles. The molecule has 0 aliphatic carbocycles. The Hall–Kier alpha value is -2.68. The van der Waals surface area contributed by atoms with Crippen LogP contribution in [0.4, 0.5) is 9.93 Å². The van der Waals surface area contributed by atoms with Gasteiger partial charge in [-0.25, -0.2) is 4.79 Å². The van der Waals surface area contributed by atoms with Crippen LogP contribution < -0.4 is 15.4 Å². The maximum absolute atomic E-state index is 11.6. The molecule has 2 aromatic rings. The zero-order chi connectivity index (χ0) is 16.7. The lowest BCUT2D eigenvalue weighted by atomic mass is 10.2. The highest BCUT2D eigenvalue weighted by atomic mass is 32.1. The van der Waals surface area contributed by atoms with Crippen molar-refractivity contribution in [2.45, 2.75) is 12.8 Å². The summed E-state index contributed by atoms with van der Waals surface area (Å²) in [5.41, 5.74) is 0.873. The lowest BCUT2D eigenvalue weighted by molar-refractivity contribution is -0.137. The van der Waals surface area contributed by atoms with Gasteiger partial charge in [0.2, 0.25) is 5.13 Å². The van der Waals surface area contributed by atoms with E-state index < -0.39 is 12.0 Å². The molecule has 0 fully saturated rings. The van der Waals surface area contributed by atoms with Crippen molar-refractivity contribution in [2.24, 2.45) is 0 Å². The Balaban J connectivity index is 1.86. The number of anilines is 1. The van der Waals surface area contributed by atoms with Crippen LogP contribution in [0.5, 0.6) is 5.75 Å². The molecule has 2 rings (SSSR count). The van der Waals surface area contributed by atoms with Crippen molar-refractivity contribution in [3.63, 3.8) is 0 Å². The number of aliphatic carboxylic acids is 1. The van der Waals surface area contributed by atoms with E-state index in [1.54, 1.807) is 7.11 Å². The smallest absolute Gasteiger partial charge is 0.321 e. The number of carbonyl (C=O) groups is 2. The van der Waals surface area contributed by atoms with Crippen molar-refractivity contribution in [3.8, 4) is 16.3 Å². The van der Waals surface area contributed by atoms with E-state index in [1.807, 2.05) is 24.3 Å². The zero-order valence-corrected chi connectivity index (χ0v) is 13.2. The molecule has 9 heteroatoms. The predicted octanol–water partition coefficient (Wildman–Crippen LogP) is 2.20. The first-order valence-electron chi connectivity index (χ1n) is 6.83. The summed E-state index contributed by atoms with van der Waals surface area (Å²) in [6.07, 6.45) is 0.386. The fourth-order valence-corrected chi connectivity index (χ4v) is 2.45. The van der Waals surface area contributed by atoms with Gasteiger partial charge in [-0.05, 0) is 30.7 Å². The van der Waals surface area contributed by atoms with Crippen LogP contribution >= 0.6 is 11.3 Å². The van der Waals surface area contributed by atoms with E-state index >= 15 is 0 Å². The van der Waals surface area contributed by atoms with Gasteiger partial charge in [0, 0.05) is 18.5 Å². The molecule has 3 N–H and O–H groups in total. The summed E-state index contributed by atoms with van der Waals surface area (Å²) >= 11 is 1.24. The van der Waals surface area contributed by atoms with E-state index in [0.717, 1.165) is 11.3 Å². The molecule has 0 atom stereocenters. The summed E-state index contributed by atoms with van der Waals surface area (Å²) in [4.78, 5) is 22.0. The van der Waals surface area contributed by atoms with E-state index in [9.17, 15) is 9.59 Å². The molecule has 1 heterocycles. The molecule has 23 heavy (non-hydrogen) atoms. The number of nitrogens with zero attached hydrogens (tertiary/aromatic N) is 2. The van der Waals surface area contributed by atoms with Crippen LogP contribution in [0.2, 0.25) is 0 Å². The van der Waals surface area contributed by atoms with Crippen molar-refractivity contribution in [3.05, 3.63) is 24.3 Å². The van der Waals surface area contributed by atoms with Crippen molar-refractivity contribution in [1.82, 2.24) is 15.5 Å². The summed E-state index contributed by atoms with van der Waals surface area (Å²) < 4.78 is 5.09. The van der Waals surface area contributed by atoms with Crippen molar-refractivity contribution < 1.29 is 19.4 Å². The normalized spacial score (nSPS) is 10.1. The number of ether oxygens (including phenoxy) is 1. The molecule has 0 bridgehead atoms. The van der Waals surface area contributed by atoms with E-state index in [0.29, 0.717) is 16.6 Å². The second-order valence-corrected chi connectivity index (χ2v) is 5.50. The Bertz CT molecular complexity index is 672. The number of urea groups is 1. The third kappa shape index (κ3) is 5.22. The Kier molecular flexibility index (Phi) is 5.87. The number of rotatable bonds is 7. The van der Waals surface area contributed by atoms with Gasteiger partial charge < -0.3 is 15.2 Å². The maximum atomic E-state index is 11.6. The van der Waals surface area contributed by atoms with Crippen LogP contribution in [-0.2, 0) is 4.79 Å². The number of nitrogens with one attached hydrogen (secondary N) is 2. The van der Waals surface area contributed by atoms with Gasteiger partial charge in [-0.1, -0.05) is 11.3 Å². The number of aromatic nitrogens is 2. The predicted molar refractivity (Wildman–Crippen MR) is 85.8 cm³/mol. The van der Waals surface area contributed by atoms with Gasteiger partial charge in [0.25, 0.3) is 0 Å². The molecular formula is C14H16N4O4S. The first kappa shape index (κ1) is 16.7. The highest BCUT2D eigenvalue weighted by Gasteiger charge is 2.09. The second kappa shape index (κ2) is 8.08. The van der Waals surface area contributed by atoms with E-state index in [-0.39, 0.29) is 13.0 Å². The minimum Gasteiger partial charge on any atom is -0.497 e. The van der Waals surface area contributed by atoms with Gasteiger partial charge in [-0.3, -0.25) is 10.1 Å². The Morgan fingerprint density at radius 2 is 2.00 bits per heavy atom. The summed E-state index contributed by atoms with van der Waals surface area (Å²) in [5, 5.41) is 22.6. The zero-order valence-electron chi connectivity index (χ0n) is 12.4. The number of benzene rings is 1. The second-order valence-electron chi connectivity index (χ2n) is 4.52. The Morgan fingerprint density at radius 1 is 1.26 bits per heavy atom. The topological polar surface area (TPSA) is 113 Å². The number of amides is 2. The van der Waals surface area contributed by atoms with Gasteiger partial charge >= 0.3 is 12.0 Å². The summed E-state index contributed by atoms with van der Waals surface area (Å²) in [5.74, 6) is -0.141. The molecule has 0 radical (unpaired) electrons. The van der Waals surface area contributed by atoms with Crippen LogP contribution in [-0.4, -0.2) is 41.0 Å². The van der Waals surface area contributed by atoms with Crippen LogP contribution in [0.3, 0.4) is 0 Å². The van der Waals surface area contributed by atoms with Crippen LogP contribution in [0, 0.1) is 0 Å². The number of carboxylic acid groups (broad SMARTS) is 1. The molecule has 0 aliphatic heterocycles.